The van der Waals surface area contributed by atoms with Gasteiger partial charge in [0.05, 0.1) is 5.69 Å². The molecule has 0 spiro atoms. The Kier molecular flexibility index (Phi) is 4.58. The van der Waals surface area contributed by atoms with E-state index < -0.39 is 17.2 Å². The molecule has 2 rings (SSSR count). The van der Waals surface area contributed by atoms with Gasteiger partial charge in [0.1, 0.15) is 5.60 Å². The van der Waals surface area contributed by atoms with Crippen LogP contribution >= 0.6 is 0 Å². The van der Waals surface area contributed by atoms with Crippen molar-refractivity contribution in [2.24, 2.45) is 0 Å². The molecule has 122 valence electrons. The molecular weight excluding hydrogens is 290 g/mol. The minimum absolute atomic E-state index is 0.0220. The summed E-state index contributed by atoms with van der Waals surface area (Å²) in [6.45, 7) is 6.48. The summed E-state index contributed by atoms with van der Waals surface area (Å²) in [5, 5.41) is 0. The van der Waals surface area contributed by atoms with E-state index in [-0.39, 0.29) is 17.7 Å². The topological polar surface area (TPSA) is 55.6 Å². The predicted octanol–water partition coefficient (Wildman–Crippen LogP) is 3.66. The summed E-state index contributed by atoms with van der Waals surface area (Å²) < 4.78 is 32.0. The molecule has 1 aliphatic heterocycles. The number of likely N-dealkylation sites (tertiary alicyclic amines) is 1. The van der Waals surface area contributed by atoms with Crippen LogP contribution in [-0.4, -0.2) is 29.7 Å². The van der Waals surface area contributed by atoms with Gasteiger partial charge in [0.15, 0.2) is 11.6 Å². The lowest BCUT2D eigenvalue weighted by atomic mass is 9.88. The summed E-state index contributed by atoms with van der Waals surface area (Å²) in [6.07, 6.45) is 0.951. The SMILES string of the molecule is CC(C)(C)OC(=O)N1CCC(c2ccc(F)c(F)c2N)CC1. The number of carbonyl (C=O) groups is 1. The molecule has 0 saturated carbocycles. The highest BCUT2D eigenvalue weighted by Gasteiger charge is 2.29. The van der Waals surface area contributed by atoms with Crippen LogP contribution in [0.4, 0.5) is 19.3 Å². The molecule has 1 amide bonds. The van der Waals surface area contributed by atoms with E-state index in [0.717, 1.165) is 6.07 Å². The smallest absolute Gasteiger partial charge is 0.410 e. The molecule has 1 aromatic rings. The van der Waals surface area contributed by atoms with Gasteiger partial charge < -0.3 is 15.4 Å². The molecule has 1 fully saturated rings. The number of carbonyl (C=O) groups excluding carboxylic acids is 1. The van der Waals surface area contributed by atoms with Gasteiger partial charge in [-0.2, -0.15) is 0 Å². The normalized spacial score (nSPS) is 16.7. The minimum Gasteiger partial charge on any atom is -0.444 e. The van der Waals surface area contributed by atoms with Gasteiger partial charge in [-0.15, -0.1) is 0 Å². The van der Waals surface area contributed by atoms with E-state index in [1.807, 2.05) is 20.8 Å². The number of piperidine rings is 1. The molecule has 6 heteroatoms. The van der Waals surface area contributed by atoms with Crippen LogP contribution in [0.25, 0.3) is 0 Å². The molecule has 0 bridgehead atoms. The molecule has 0 aromatic heterocycles. The van der Waals surface area contributed by atoms with Gasteiger partial charge in [0, 0.05) is 13.1 Å². The monoisotopic (exact) mass is 312 g/mol. The average molecular weight is 312 g/mol. The highest BCUT2D eigenvalue weighted by molar-refractivity contribution is 5.68. The molecule has 22 heavy (non-hydrogen) atoms. The number of nitrogens with two attached hydrogens (primary N) is 1. The highest BCUT2D eigenvalue weighted by Crippen LogP contribution is 2.34. The van der Waals surface area contributed by atoms with Crippen molar-refractivity contribution in [3.05, 3.63) is 29.3 Å². The first-order valence-electron chi connectivity index (χ1n) is 7.40. The van der Waals surface area contributed by atoms with Crippen molar-refractivity contribution in [3.8, 4) is 0 Å². The third kappa shape index (κ3) is 3.67. The first-order chi connectivity index (χ1) is 10.2. The lowest BCUT2D eigenvalue weighted by molar-refractivity contribution is 0.0205. The highest BCUT2D eigenvalue weighted by atomic mass is 19.2. The number of halogens is 2. The lowest BCUT2D eigenvalue weighted by Gasteiger charge is -2.34. The summed E-state index contributed by atoms with van der Waals surface area (Å²) in [7, 11) is 0. The summed E-state index contributed by atoms with van der Waals surface area (Å²) in [5.74, 6) is -1.91. The van der Waals surface area contributed by atoms with Crippen LogP contribution in [0.5, 0.6) is 0 Å². The molecule has 0 atom stereocenters. The van der Waals surface area contributed by atoms with Crippen LogP contribution in [0.15, 0.2) is 12.1 Å². The third-order valence-electron chi connectivity index (χ3n) is 3.75. The van der Waals surface area contributed by atoms with Crippen LogP contribution in [0, 0.1) is 11.6 Å². The summed E-state index contributed by atoms with van der Waals surface area (Å²) in [4.78, 5) is 13.6. The number of amides is 1. The van der Waals surface area contributed by atoms with Crippen LogP contribution in [0.1, 0.15) is 45.1 Å². The second-order valence-corrected chi connectivity index (χ2v) is 6.61. The number of benzene rings is 1. The fraction of sp³-hybridized carbons (Fsp3) is 0.562. The molecular formula is C16H22F2N2O2. The van der Waals surface area contributed by atoms with Crippen molar-refractivity contribution in [2.45, 2.75) is 45.1 Å². The number of hydrogen-bond donors (Lipinski definition) is 1. The van der Waals surface area contributed by atoms with Gasteiger partial charge in [-0.05, 0) is 51.2 Å². The van der Waals surface area contributed by atoms with E-state index in [4.69, 9.17) is 10.5 Å². The van der Waals surface area contributed by atoms with E-state index in [1.165, 1.54) is 6.07 Å². The maximum absolute atomic E-state index is 13.6. The standard InChI is InChI=1S/C16H22F2N2O2/c1-16(2,3)22-15(21)20-8-6-10(7-9-20)11-4-5-12(17)13(18)14(11)19/h4-5,10H,6-9,19H2,1-3H3. The molecule has 1 heterocycles. The first-order valence-corrected chi connectivity index (χ1v) is 7.40. The molecule has 4 nitrogen and oxygen atoms in total. The van der Waals surface area contributed by atoms with E-state index in [1.54, 1.807) is 4.90 Å². The van der Waals surface area contributed by atoms with Gasteiger partial charge in [0.2, 0.25) is 0 Å². The Hall–Kier alpha value is -1.85. The van der Waals surface area contributed by atoms with Crippen molar-refractivity contribution in [1.82, 2.24) is 4.90 Å². The molecule has 0 aliphatic carbocycles. The molecule has 1 aromatic carbocycles. The van der Waals surface area contributed by atoms with Crippen molar-refractivity contribution >= 4 is 11.8 Å². The minimum atomic E-state index is -0.993. The fourth-order valence-electron chi connectivity index (χ4n) is 2.64. The Morgan fingerprint density at radius 1 is 1.27 bits per heavy atom. The van der Waals surface area contributed by atoms with Crippen molar-refractivity contribution in [1.29, 1.82) is 0 Å². The van der Waals surface area contributed by atoms with Crippen molar-refractivity contribution in [3.63, 3.8) is 0 Å². The lowest BCUT2D eigenvalue weighted by Crippen LogP contribution is -2.41. The number of anilines is 1. The predicted molar refractivity (Wildman–Crippen MR) is 80.6 cm³/mol. The van der Waals surface area contributed by atoms with Gasteiger partial charge in [-0.1, -0.05) is 6.07 Å². The molecule has 0 unspecified atom stereocenters. The van der Waals surface area contributed by atoms with Gasteiger partial charge in [-0.25, -0.2) is 13.6 Å². The summed E-state index contributed by atoms with van der Waals surface area (Å²) in [6, 6.07) is 2.63. The zero-order valence-corrected chi connectivity index (χ0v) is 13.2. The van der Waals surface area contributed by atoms with Gasteiger partial charge in [-0.3, -0.25) is 0 Å². The molecule has 1 saturated heterocycles. The molecule has 1 aliphatic rings. The quantitative estimate of drug-likeness (QED) is 0.805. The zero-order valence-electron chi connectivity index (χ0n) is 13.2. The number of ether oxygens (including phenoxy) is 1. The largest absolute Gasteiger partial charge is 0.444 e. The Bertz CT molecular complexity index is 562. The number of hydrogen-bond acceptors (Lipinski definition) is 3. The molecule has 0 radical (unpaired) electrons. The zero-order chi connectivity index (χ0) is 16.5. The van der Waals surface area contributed by atoms with Gasteiger partial charge >= 0.3 is 6.09 Å². The van der Waals surface area contributed by atoms with Gasteiger partial charge in [0.25, 0.3) is 0 Å². The Morgan fingerprint density at radius 3 is 2.41 bits per heavy atom. The summed E-state index contributed by atoms with van der Waals surface area (Å²) in [5.41, 5.74) is 5.63. The Balaban J connectivity index is 2.01. The van der Waals surface area contributed by atoms with Crippen LogP contribution < -0.4 is 5.73 Å². The van der Waals surface area contributed by atoms with Crippen LogP contribution in [0.2, 0.25) is 0 Å². The van der Waals surface area contributed by atoms with Crippen molar-refractivity contribution in [2.75, 3.05) is 18.8 Å². The van der Waals surface area contributed by atoms with E-state index in [0.29, 0.717) is 31.5 Å². The second-order valence-electron chi connectivity index (χ2n) is 6.61. The van der Waals surface area contributed by atoms with E-state index in [9.17, 15) is 13.6 Å². The van der Waals surface area contributed by atoms with Crippen LogP contribution in [-0.2, 0) is 4.74 Å². The van der Waals surface area contributed by atoms with Crippen LogP contribution in [0.3, 0.4) is 0 Å². The average Bonchev–Trinajstić information content (AvgIpc) is 2.43. The Morgan fingerprint density at radius 2 is 1.86 bits per heavy atom. The number of rotatable bonds is 1. The number of nitrogens with zero attached hydrogens (tertiary/aromatic N) is 1. The van der Waals surface area contributed by atoms with E-state index in [2.05, 4.69) is 0 Å². The third-order valence-corrected chi connectivity index (χ3v) is 3.75. The maximum atomic E-state index is 13.6. The molecule has 2 N–H and O–H groups in total. The summed E-state index contributed by atoms with van der Waals surface area (Å²) >= 11 is 0. The number of nitrogen functional groups attached to an aromatic ring is 1. The fourth-order valence-corrected chi connectivity index (χ4v) is 2.64. The Labute approximate surface area is 129 Å². The second kappa shape index (κ2) is 6.10. The maximum Gasteiger partial charge on any atom is 0.410 e. The van der Waals surface area contributed by atoms with Crippen molar-refractivity contribution < 1.29 is 18.3 Å². The first kappa shape index (κ1) is 16.5. The van der Waals surface area contributed by atoms with E-state index >= 15 is 0 Å².